The van der Waals surface area contributed by atoms with E-state index in [1.807, 2.05) is 30.3 Å². The van der Waals surface area contributed by atoms with E-state index in [-0.39, 0.29) is 37.2 Å². The van der Waals surface area contributed by atoms with Gasteiger partial charge < -0.3 is 24.1 Å². The number of carbonyl (C=O) groups excluding carboxylic acids is 1. The lowest BCUT2D eigenvalue weighted by Crippen LogP contribution is -2.53. The summed E-state index contributed by atoms with van der Waals surface area (Å²) < 4.78 is 26.8. The number of aliphatic hydroxyl groups is 1. The standard InChI is InChI=1S/C32H44N2O8/c1-23-21-34(31(37)33(30(23)36)17-9-3-6-14-25(35)24-12-4-2-5-13-24)28-20-32(38,26-15-7-10-18-39-26)27(42-28)22-41-29-16-8-11-19-40-29/h2,4-5,12-13,21,26-29,38H,3,6-11,14-20,22H2,1H3/t26?,27-,28-,29?,32-/m1/s1. The highest BCUT2D eigenvalue weighted by Gasteiger charge is 2.54. The Morgan fingerprint density at radius 2 is 1.79 bits per heavy atom. The first-order chi connectivity index (χ1) is 20.4. The van der Waals surface area contributed by atoms with Crippen molar-refractivity contribution in [3.8, 4) is 0 Å². The highest BCUT2D eigenvalue weighted by atomic mass is 16.7. The van der Waals surface area contributed by atoms with Gasteiger partial charge in [0, 0.05) is 49.9 Å². The van der Waals surface area contributed by atoms with Gasteiger partial charge in [0.2, 0.25) is 0 Å². The second-order valence-corrected chi connectivity index (χ2v) is 11.8. The Bertz CT molecular complexity index is 1300. The maximum Gasteiger partial charge on any atom is 0.333 e. The van der Waals surface area contributed by atoms with E-state index in [1.54, 1.807) is 6.92 Å². The van der Waals surface area contributed by atoms with Crippen LogP contribution in [0.3, 0.4) is 0 Å². The van der Waals surface area contributed by atoms with Crippen LogP contribution in [0.4, 0.5) is 0 Å². The third-order valence-corrected chi connectivity index (χ3v) is 8.75. The van der Waals surface area contributed by atoms with Crippen LogP contribution >= 0.6 is 0 Å². The molecule has 4 heterocycles. The third kappa shape index (κ3) is 7.11. The number of Topliss-reactive ketones (excluding diaryl/α,β-unsaturated/α-hetero) is 1. The number of hydrogen-bond donors (Lipinski definition) is 1. The van der Waals surface area contributed by atoms with Crippen LogP contribution in [0, 0.1) is 6.92 Å². The number of rotatable bonds is 12. The third-order valence-electron chi connectivity index (χ3n) is 8.75. The van der Waals surface area contributed by atoms with Gasteiger partial charge in [0.15, 0.2) is 12.1 Å². The van der Waals surface area contributed by atoms with Gasteiger partial charge in [0.25, 0.3) is 5.56 Å². The highest BCUT2D eigenvalue weighted by molar-refractivity contribution is 5.95. The molecule has 10 heteroatoms. The number of ether oxygens (including phenoxy) is 4. The van der Waals surface area contributed by atoms with Crippen molar-refractivity contribution in [2.75, 3.05) is 19.8 Å². The van der Waals surface area contributed by atoms with Gasteiger partial charge in [-0.2, -0.15) is 0 Å². The fraction of sp³-hybridized carbons (Fsp3) is 0.656. The van der Waals surface area contributed by atoms with E-state index in [0.29, 0.717) is 56.4 Å². The van der Waals surface area contributed by atoms with Crippen molar-refractivity contribution in [1.82, 2.24) is 9.13 Å². The van der Waals surface area contributed by atoms with Crippen LogP contribution in [0.25, 0.3) is 0 Å². The summed E-state index contributed by atoms with van der Waals surface area (Å²) in [6, 6.07) is 9.19. The Hall–Kier alpha value is -2.63. The molecule has 0 bridgehead atoms. The zero-order valence-corrected chi connectivity index (χ0v) is 24.6. The molecule has 2 aromatic rings. The minimum Gasteiger partial charge on any atom is -0.384 e. The lowest BCUT2D eigenvalue weighted by atomic mass is 9.85. The lowest BCUT2D eigenvalue weighted by Gasteiger charge is -2.38. The van der Waals surface area contributed by atoms with Gasteiger partial charge in [0.1, 0.15) is 17.9 Å². The molecular formula is C32H44N2O8. The first-order valence-corrected chi connectivity index (χ1v) is 15.5. The van der Waals surface area contributed by atoms with E-state index >= 15 is 0 Å². The largest absolute Gasteiger partial charge is 0.384 e. The topological polar surface area (TPSA) is 118 Å². The fourth-order valence-corrected chi connectivity index (χ4v) is 6.29. The van der Waals surface area contributed by atoms with Crippen LogP contribution in [0.15, 0.2) is 46.1 Å². The molecule has 0 spiro atoms. The molecule has 5 atom stereocenters. The summed E-state index contributed by atoms with van der Waals surface area (Å²) in [7, 11) is 0. The van der Waals surface area contributed by atoms with Crippen LogP contribution in [0.2, 0.25) is 0 Å². The molecule has 42 heavy (non-hydrogen) atoms. The van der Waals surface area contributed by atoms with Crippen molar-refractivity contribution in [3.63, 3.8) is 0 Å². The molecule has 5 rings (SSSR count). The molecule has 0 aliphatic carbocycles. The van der Waals surface area contributed by atoms with Gasteiger partial charge in [-0.3, -0.25) is 18.7 Å². The Kier molecular flexibility index (Phi) is 10.4. The van der Waals surface area contributed by atoms with Crippen molar-refractivity contribution in [2.24, 2.45) is 0 Å². The predicted octanol–water partition coefficient (Wildman–Crippen LogP) is 3.89. The minimum absolute atomic E-state index is 0.0899. The normalized spacial score (nSPS) is 28.1. The van der Waals surface area contributed by atoms with Gasteiger partial charge in [0.05, 0.1) is 12.7 Å². The molecule has 230 valence electrons. The Morgan fingerprint density at radius 1 is 1.02 bits per heavy atom. The van der Waals surface area contributed by atoms with E-state index in [4.69, 9.17) is 18.9 Å². The summed E-state index contributed by atoms with van der Waals surface area (Å²) in [4.78, 5) is 39.0. The number of aromatic nitrogens is 2. The summed E-state index contributed by atoms with van der Waals surface area (Å²) in [5.41, 5.74) is -1.04. The van der Waals surface area contributed by atoms with Crippen molar-refractivity contribution in [3.05, 3.63) is 68.5 Å². The van der Waals surface area contributed by atoms with Crippen LogP contribution in [-0.2, 0) is 25.5 Å². The van der Waals surface area contributed by atoms with Crippen molar-refractivity contribution in [1.29, 1.82) is 0 Å². The van der Waals surface area contributed by atoms with E-state index in [2.05, 4.69) is 0 Å². The molecule has 3 saturated heterocycles. The smallest absolute Gasteiger partial charge is 0.333 e. The van der Waals surface area contributed by atoms with Crippen molar-refractivity contribution >= 4 is 5.78 Å². The Morgan fingerprint density at radius 3 is 2.50 bits per heavy atom. The molecule has 10 nitrogen and oxygen atoms in total. The van der Waals surface area contributed by atoms with Gasteiger partial charge in [-0.25, -0.2) is 4.79 Å². The molecule has 2 unspecified atom stereocenters. The molecule has 0 saturated carbocycles. The number of ketones is 1. The van der Waals surface area contributed by atoms with E-state index in [9.17, 15) is 19.5 Å². The van der Waals surface area contributed by atoms with E-state index in [1.165, 1.54) is 15.3 Å². The first kappa shape index (κ1) is 30.8. The molecule has 0 amide bonds. The first-order valence-electron chi connectivity index (χ1n) is 15.5. The van der Waals surface area contributed by atoms with Crippen LogP contribution < -0.4 is 11.2 Å². The predicted molar refractivity (Wildman–Crippen MR) is 156 cm³/mol. The summed E-state index contributed by atoms with van der Waals surface area (Å²) in [5, 5.41) is 12.0. The number of unbranched alkanes of at least 4 members (excludes halogenated alkanes) is 2. The fourth-order valence-electron chi connectivity index (χ4n) is 6.29. The molecule has 3 aliphatic heterocycles. The molecular weight excluding hydrogens is 540 g/mol. The molecule has 1 N–H and O–H groups in total. The number of carbonyl (C=O) groups is 1. The summed E-state index contributed by atoms with van der Waals surface area (Å²) >= 11 is 0. The van der Waals surface area contributed by atoms with Gasteiger partial charge in [-0.1, -0.05) is 36.8 Å². The molecule has 1 aromatic heterocycles. The second-order valence-electron chi connectivity index (χ2n) is 11.8. The SMILES string of the molecule is Cc1cn([C@H]2C[C@@](O)(C3CCCCO3)[C@@H](COC3CCCCO3)O2)c(=O)n(CCCCCC(=O)c2ccccc2)c1=O. The Labute approximate surface area is 246 Å². The number of benzene rings is 1. The van der Waals surface area contributed by atoms with Crippen LogP contribution in [0.5, 0.6) is 0 Å². The minimum atomic E-state index is -1.35. The number of nitrogens with zero attached hydrogens (tertiary/aromatic N) is 2. The zero-order valence-electron chi connectivity index (χ0n) is 24.6. The molecule has 1 aromatic carbocycles. The van der Waals surface area contributed by atoms with E-state index < -0.39 is 29.7 Å². The summed E-state index contributed by atoms with van der Waals surface area (Å²) in [6.45, 7) is 3.26. The summed E-state index contributed by atoms with van der Waals surface area (Å²) in [6.07, 6.45) is 7.20. The maximum atomic E-state index is 13.6. The maximum absolute atomic E-state index is 13.6. The highest BCUT2D eigenvalue weighted by Crippen LogP contribution is 2.42. The van der Waals surface area contributed by atoms with Gasteiger partial charge in [-0.15, -0.1) is 0 Å². The average Bonchev–Trinajstić information content (AvgIpc) is 3.37. The average molecular weight is 585 g/mol. The lowest BCUT2D eigenvalue weighted by molar-refractivity contribution is -0.210. The summed E-state index contributed by atoms with van der Waals surface area (Å²) in [5.74, 6) is 0.0899. The van der Waals surface area contributed by atoms with Crippen LogP contribution in [-0.4, -0.2) is 63.9 Å². The van der Waals surface area contributed by atoms with Crippen molar-refractivity contribution in [2.45, 2.75) is 114 Å². The molecule has 0 radical (unpaired) electrons. The van der Waals surface area contributed by atoms with Crippen LogP contribution in [0.1, 0.15) is 92.8 Å². The monoisotopic (exact) mass is 584 g/mol. The number of hydrogen-bond acceptors (Lipinski definition) is 8. The van der Waals surface area contributed by atoms with Gasteiger partial charge in [-0.05, 0) is 58.3 Å². The number of aryl methyl sites for hydroxylation is 1. The quantitative estimate of drug-likeness (QED) is 0.295. The molecule has 3 aliphatic rings. The Balaban J connectivity index is 1.26. The van der Waals surface area contributed by atoms with Crippen molar-refractivity contribution < 1.29 is 28.8 Å². The van der Waals surface area contributed by atoms with E-state index in [0.717, 1.165) is 32.1 Å². The molecule has 3 fully saturated rings. The second kappa shape index (κ2) is 14.2. The zero-order chi connectivity index (χ0) is 29.5. The van der Waals surface area contributed by atoms with Gasteiger partial charge >= 0.3 is 5.69 Å².